The van der Waals surface area contributed by atoms with Crippen molar-refractivity contribution in [3.05, 3.63) is 24.3 Å². The number of carboxylic acid groups (broad SMARTS) is 1. The van der Waals surface area contributed by atoms with Gasteiger partial charge in [0.05, 0.1) is 13.5 Å². The van der Waals surface area contributed by atoms with Crippen molar-refractivity contribution in [3.63, 3.8) is 0 Å². The molecule has 3 N–H and O–H groups in total. The van der Waals surface area contributed by atoms with Gasteiger partial charge in [-0.2, -0.15) is 0 Å². The van der Waals surface area contributed by atoms with E-state index >= 15 is 0 Å². The second kappa shape index (κ2) is 6.02. The van der Waals surface area contributed by atoms with Gasteiger partial charge in [0.25, 0.3) is 0 Å². The molecule has 1 unspecified atom stereocenters. The Hall–Kier alpha value is -2.08. The first kappa shape index (κ1) is 14.0. The van der Waals surface area contributed by atoms with Crippen molar-refractivity contribution in [2.45, 2.75) is 12.5 Å². The van der Waals surface area contributed by atoms with E-state index in [1.54, 1.807) is 31.3 Å². The zero-order valence-electron chi connectivity index (χ0n) is 10.3. The molecule has 98 valence electrons. The number of carbonyl (C=O) groups is 2. The van der Waals surface area contributed by atoms with E-state index in [-0.39, 0.29) is 12.3 Å². The first-order chi connectivity index (χ1) is 8.45. The van der Waals surface area contributed by atoms with E-state index in [4.69, 9.17) is 15.6 Å². The SMILES string of the molecule is COc1cccc(N(C)C(=O)CC(N)C(=O)O)c1. The van der Waals surface area contributed by atoms with Gasteiger partial charge in [0.2, 0.25) is 5.91 Å². The Morgan fingerprint density at radius 1 is 1.50 bits per heavy atom. The quantitative estimate of drug-likeness (QED) is 0.794. The number of hydrogen-bond donors (Lipinski definition) is 2. The Morgan fingerprint density at radius 3 is 2.72 bits per heavy atom. The number of methoxy groups -OCH3 is 1. The summed E-state index contributed by atoms with van der Waals surface area (Å²) in [5.74, 6) is -0.935. The highest BCUT2D eigenvalue weighted by atomic mass is 16.5. The highest BCUT2D eigenvalue weighted by Gasteiger charge is 2.19. The maximum atomic E-state index is 11.8. The van der Waals surface area contributed by atoms with Crippen molar-refractivity contribution in [2.75, 3.05) is 19.1 Å². The third-order valence-corrected chi connectivity index (χ3v) is 2.53. The second-order valence-corrected chi connectivity index (χ2v) is 3.80. The minimum atomic E-state index is -1.19. The number of aliphatic carboxylic acids is 1. The summed E-state index contributed by atoms with van der Waals surface area (Å²) in [6.45, 7) is 0. The van der Waals surface area contributed by atoms with Gasteiger partial charge in [0, 0.05) is 18.8 Å². The van der Waals surface area contributed by atoms with Crippen molar-refractivity contribution < 1.29 is 19.4 Å². The number of anilines is 1. The van der Waals surface area contributed by atoms with Gasteiger partial charge in [-0.05, 0) is 12.1 Å². The van der Waals surface area contributed by atoms with Crippen LogP contribution >= 0.6 is 0 Å². The molecule has 0 aromatic heterocycles. The smallest absolute Gasteiger partial charge is 0.321 e. The van der Waals surface area contributed by atoms with Crippen molar-refractivity contribution in [1.29, 1.82) is 0 Å². The molecule has 1 rings (SSSR count). The summed E-state index contributed by atoms with van der Waals surface area (Å²) in [4.78, 5) is 23.7. The predicted molar refractivity (Wildman–Crippen MR) is 66.6 cm³/mol. The molecule has 0 radical (unpaired) electrons. The van der Waals surface area contributed by atoms with Gasteiger partial charge < -0.3 is 20.5 Å². The van der Waals surface area contributed by atoms with Crippen LogP contribution in [0, 0.1) is 0 Å². The van der Waals surface area contributed by atoms with Crippen LogP contribution < -0.4 is 15.4 Å². The molecule has 0 aliphatic rings. The summed E-state index contributed by atoms with van der Waals surface area (Å²) in [7, 11) is 3.09. The van der Waals surface area contributed by atoms with E-state index < -0.39 is 12.0 Å². The van der Waals surface area contributed by atoms with Gasteiger partial charge in [-0.25, -0.2) is 0 Å². The fraction of sp³-hybridized carbons (Fsp3) is 0.333. The lowest BCUT2D eigenvalue weighted by atomic mass is 10.2. The lowest BCUT2D eigenvalue weighted by Gasteiger charge is -2.19. The van der Waals surface area contributed by atoms with Crippen LogP contribution in [0.3, 0.4) is 0 Å². The van der Waals surface area contributed by atoms with Crippen LogP contribution in [0.1, 0.15) is 6.42 Å². The van der Waals surface area contributed by atoms with Gasteiger partial charge in [-0.3, -0.25) is 9.59 Å². The molecular weight excluding hydrogens is 236 g/mol. The summed E-state index contributed by atoms with van der Waals surface area (Å²) >= 11 is 0. The first-order valence-electron chi connectivity index (χ1n) is 5.34. The Morgan fingerprint density at radius 2 is 2.17 bits per heavy atom. The van der Waals surface area contributed by atoms with E-state index in [0.717, 1.165) is 0 Å². The van der Waals surface area contributed by atoms with Crippen LogP contribution in [0.5, 0.6) is 5.75 Å². The number of hydrogen-bond acceptors (Lipinski definition) is 4. The maximum Gasteiger partial charge on any atom is 0.321 e. The lowest BCUT2D eigenvalue weighted by molar-refractivity contribution is -0.140. The predicted octanol–water partition coefficient (Wildman–Crippen LogP) is 0.460. The van der Waals surface area contributed by atoms with E-state index in [2.05, 4.69) is 0 Å². The number of nitrogens with zero attached hydrogens (tertiary/aromatic N) is 1. The maximum absolute atomic E-state index is 11.8. The second-order valence-electron chi connectivity index (χ2n) is 3.80. The fourth-order valence-corrected chi connectivity index (χ4v) is 1.38. The number of carbonyl (C=O) groups excluding carboxylic acids is 1. The number of benzene rings is 1. The number of amides is 1. The highest BCUT2D eigenvalue weighted by Crippen LogP contribution is 2.20. The highest BCUT2D eigenvalue weighted by molar-refractivity contribution is 5.95. The summed E-state index contributed by atoms with van der Waals surface area (Å²) in [5.41, 5.74) is 5.94. The normalized spacial score (nSPS) is 11.7. The van der Waals surface area contributed by atoms with Crippen LogP contribution in [-0.2, 0) is 9.59 Å². The van der Waals surface area contributed by atoms with E-state index in [1.807, 2.05) is 0 Å². The molecular formula is C12H16N2O4. The molecule has 18 heavy (non-hydrogen) atoms. The number of ether oxygens (including phenoxy) is 1. The average Bonchev–Trinajstić information content (AvgIpc) is 2.37. The number of carboxylic acids is 1. The van der Waals surface area contributed by atoms with Gasteiger partial charge >= 0.3 is 5.97 Å². The third kappa shape index (κ3) is 3.46. The zero-order chi connectivity index (χ0) is 13.7. The lowest BCUT2D eigenvalue weighted by Crippen LogP contribution is -2.37. The summed E-state index contributed by atoms with van der Waals surface area (Å²) in [5, 5.41) is 8.65. The number of rotatable bonds is 5. The topological polar surface area (TPSA) is 92.9 Å². The largest absolute Gasteiger partial charge is 0.497 e. The van der Waals surface area contributed by atoms with E-state index in [1.165, 1.54) is 12.0 Å². The first-order valence-corrected chi connectivity index (χ1v) is 5.34. The van der Waals surface area contributed by atoms with E-state index in [0.29, 0.717) is 11.4 Å². The summed E-state index contributed by atoms with van der Waals surface area (Å²) < 4.78 is 5.05. The van der Waals surface area contributed by atoms with Crippen LogP contribution in [0.15, 0.2) is 24.3 Å². The Balaban J connectivity index is 2.76. The molecule has 1 aromatic rings. The molecule has 6 heteroatoms. The van der Waals surface area contributed by atoms with Gasteiger partial charge in [0.15, 0.2) is 0 Å². The monoisotopic (exact) mass is 252 g/mol. The molecule has 0 heterocycles. The Bertz CT molecular complexity index is 447. The van der Waals surface area contributed by atoms with Crippen molar-refractivity contribution in [1.82, 2.24) is 0 Å². The Labute approximate surface area is 105 Å². The molecule has 0 bridgehead atoms. The van der Waals surface area contributed by atoms with Crippen LogP contribution in [-0.4, -0.2) is 37.2 Å². The summed E-state index contributed by atoms with van der Waals surface area (Å²) in [6.07, 6.45) is -0.247. The summed E-state index contributed by atoms with van der Waals surface area (Å²) in [6, 6.07) is 5.72. The Kier molecular flexibility index (Phi) is 4.67. The zero-order valence-corrected chi connectivity index (χ0v) is 10.3. The van der Waals surface area contributed by atoms with Crippen molar-refractivity contribution in [2.24, 2.45) is 5.73 Å². The van der Waals surface area contributed by atoms with Crippen molar-refractivity contribution in [3.8, 4) is 5.75 Å². The van der Waals surface area contributed by atoms with Crippen LogP contribution in [0.4, 0.5) is 5.69 Å². The van der Waals surface area contributed by atoms with Crippen molar-refractivity contribution >= 4 is 17.6 Å². The standard InChI is InChI=1S/C12H16N2O4/c1-14(11(15)7-10(13)12(16)17)8-4-3-5-9(6-8)18-2/h3-6,10H,7,13H2,1-2H3,(H,16,17). The minimum Gasteiger partial charge on any atom is -0.497 e. The molecule has 1 aromatic carbocycles. The molecule has 0 spiro atoms. The number of nitrogens with two attached hydrogens (primary N) is 1. The molecule has 0 saturated heterocycles. The van der Waals surface area contributed by atoms with Crippen LogP contribution in [0.2, 0.25) is 0 Å². The average molecular weight is 252 g/mol. The fourth-order valence-electron chi connectivity index (χ4n) is 1.38. The molecule has 1 atom stereocenters. The molecule has 1 amide bonds. The van der Waals surface area contributed by atoms with Gasteiger partial charge in [0.1, 0.15) is 11.8 Å². The van der Waals surface area contributed by atoms with E-state index in [9.17, 15) is 9.59 Å². The molecule has 0 aliphatic carbocycles. The molecule has 0 aliphatic heterocycles. The van der Waals surface area contributed by atoms with Gasteiger partial charge in [-0.1, -0.05) is 6.07 Å². The minimum absolute atomic E-state index is 0.247. The van der Waals surface area contributed by atoms with Crippen LogP contribution in [0.25, 0.3) is 0 Å². The molecule has 0 fully saturated rings. The molecule has 0 saturated carbocycles. The van der Waals surface area contributed by atoms with Gasteiger partial charge in [-0.15, -0.1) is 0 Å². The third-order valence-electron chi connectivity index (χ3n) is 2.53. The molecule has 6 nitrogen and oxygen atoms in total.